The van der Waals surface area contributed by atoms with Gasteiger partial charge in [-0.15, -0.1) is 0 Å². The minimum absolute atomic E-state index is 0.0639. The Morgan fingerprint density at radius 2 is 1.92 bits per heavy atom. The van der Waals surface area contributed by atoms with Gasteiger partial charge in [0, 0.05) is 13.1 Å². The number of benzene rings is 1. The predicted molar refractivity (Wildman–Crippen MR) is 99.0 cm³/mol. The maximum absolute atomic E-state index is 12.9. The fraction of sp³-hybridized carbons (Fsp3) is 0.619. The fourth-order valence-corrected chi connectivity index (χ4v) is 4.51. The number of nitriles is 1. The van der Waals surface area contributed by atoms with Crippen molar-refractivity contribution >= 4 is 5.91 Å². The number of nitrogens with zero attached hydrogens (tertiary/aromatic N) is 3. The lowest BCUT2D eigenvalue weighted by molar-refractivity contribution is -0.136. The highest BCUT2D eigenvalue weighted by molar-refractivity contribution is 5.79. The van der Waals surface area contributed by atoms with Gasteiger partial charge >= 0.3 is 0 Å². The number of carbonyl (C=O) groups excluding carboxylic acids is 1. The second kappa shape index (κ2) is 7.58. The smallest absolute Gasteiger partial charge is 0.237 e. The van der Waals surface area contributed by atoms with Crippen molar-refractivity contribution < 1.29 is 4.79 Å². The van der Waals surface area contributed by atoms with Gasteiger partial charge < -0.3 is 4.90 Å². The second-order valence-corrected chi connectivity index (χ2v) is 7.68. The van der Waals surface area contributed by atoms with Crippen molar-refractivity contribution in [3.63, 3.8) is 0 Å². The lowest BCUT2D eigenvalue weighted by Gasteiger charge is -2.40. The van der Waals surface area contributed by atoms with E-state index in [0.29, 0.717) is 12.6 Å². The summed E-state index contributed by atoms with van der Waals surface area (Å²) in [6.45, 7) is 0.374. The molecular weight excluding hydrogens is 310 g/mol. The van der Waals surface area contributed by atoms with Crippen LogP contribution in [0.2, 0.25) is 0 Å². The summed E-state index contributed by atoms with van der Waals surface area (Å²) in [5.41, 5.74) is 2.17. The topological polar surface area (TPSA) is 47.3 Å². The Morgan fingerprint density at radius 1 is 1.20 bits per heavy atom. The first-order valence-electron chi connectivity index (χ1n) is 9.53. The van der Waals surface area contributed by atoms with Gasteiger partial charge in [0.25, 0.3) is 0 Å². The van der Waals surface area contributed by atoms with Crippen molar-refractivity contribution in [3.8, 4) is 6.07 Å². The van der Waals surface area contributed by atoms with Gasteiger partial charge in [-0.3, -0.25) is 9.69 Å². The number of hydrogen-bond donors (Lipinski definition) is 0. The van der Waals surface area contributed by atoms with Crippen LogP contribution < -0.4 is 0 Å². The third-order valence-electron chi connectivity index (χ3n) is 6.16. The average Bonchev–Trinajstić information content (AvgIpc) is 2.67. The molecule has 3 rings (SSSR count). The maximum atomic E-state index is 12.9. The Balaban J connectivity index is 1.70. The van der Waals surface area contributed by atoms with Gasteiger partial charge in [0.15, 0.2) is 0 Å². The van der Waals surface area contributed by atoms with E-state index in [-0.39, 0.29) is 5.91 Å². The molecule has 1 atom stereocenters. The van der Waals surface area contributed by atoms with Crippen LogP contribution in [0.4, 0.5) is 0 Å². The molecule has 1 unspecified atom stereocenters. The minimum atomic E-state index is -0.597. The number of fused-ring (bicyclic) bond motifs is 1. The number of aryl methyl sites for hydroxylation is 1. The third kappa shape index (κ3) is 3.57. The van der Waals surface area contributed by atoms with Crippen molar-refractivity contribution in [1.29, 1.82) is 5.26 Å². The number of hydrogen-bond acceptors (Lipinski definition) is 3. The first-order valence-corrected chi connectivity index (χ1v) is 9.53. The molecule has 1 amide bonds. The summed E-state index contributed by atoms with van der Waals surface area (Å²) in [6.07, 6.45) is 8.25. The molecule has 1 aromatic rings. The first-order chi connectivity index (χ1) is 12.1. The van der Waals surface area contributed by atoms with E-state index >= 15 is 0 Å². The van der Waals surface area contributed by atoms with Crippen LogP contribution in [-0.2, 0) is 11.2 Å². The van der Waals surface area contributed by atoms with Crippen molar-refractivity contribution in [1.82, 2.24) is 9.80 Å². The quantitative estimate of drug-likeness (QED) is 0.841. The zero-order valence-electron chi connectivity index (χ0n) is 15.5. The summed E-state index contributed by atoms with van der Waals surface area (Å²) in [6, 6.07) is 11.3. The summed E-state index contributed by atoms with van der Waals surface area (Å²) >= 11 is 0. The summed E-state index contributed by atoms with van der Waals surface area (Å²) in [7, 11) is 3.86. The van der Waals surface area contributed by atoms with Gasteiger partial charge in [0.05, 0.1) is 12.6 Å². The van der Waals surface area contributed by atoms with Gasteiger partial charge in [-0.25, -0.2) is 0 Å². The predicted octanol–water partition coefficient (Wildman–Crippen LogP) is 3.68. The normalized spacial score (nSPS) is 22.1. The molecule has 4 heteroatoms. The minimum Gasteiger partial charge on any atom is -0.326 e. The van der Waals surface area contributed by atoms with Crippen LogP contribution in [0, 0.1) is 11.3 Å². The van der Waals surface area contributed by atoms with Gasteiger partial charge in [-0.05, 0) is 50.3 Å². The number of amides is 1. The molecule has 2 aliphatic rings. The highest BCUT2D eigenvalue weighted by Gasteiger charge is 2.39. The number of carbonyl (C=O) groups is 1. The maximum Gasteiger partial charge on any atom is 0.237 e. The highest BCUT2D eigenvalue weighted by atomic mass is 16.2. The van der Waals surface area contributed by atoms with E-state index in [1.807, 2.05) is 14.1 Å². The molecule has 2 aliphatic carbocycles. The zero-order chi connectivity index (χ0) is 17.9. The van der Waals surface area contributed by atoms with Crippen LogP contribution in [0.3, 0.4) is 0 Å². The molecule has 0 N–H and O–H groups in total. The van der Waals surface area contributed by atoms with E-state index in [2.05, 4.69) is 35.2 Å². The van der Waals surface area contributed by atoms with Gasteiger partial charge in [-0.1, -0.05) is 43.5 Å². The SMILES string of the molecule is CN(CC(=O)N(C)C1(C#N)CCCCC1)C1CCCc2ccccc21. The standard InChI is InChI=1S/C21H29N3O/c1-23(19-12-8-10-17-9-4-5-11-18(17)19)15-20(25)24(2)21(16-22)13-6-3-7-14-21/h4-5,9,11,19H,3,6-8,10,12-15H2,1-2H3. The van der Waals surface area contributed by atoms with Crippen LogP contribution in [0.15, 0.2) is 24.3 Å². The van der Waals surface area contributed by atoms with Crippen molar-refractivity contribution in [2.75, 3.05) is 20.6 Å². The van der Waals surface area contributed by atoms with Crippen molar-refractivity contribution in [2.45, 2.75) is 62.9 Å². The van der Waals surface area contributed by atoms with Gasteiger partial charge in [0.2, 0.25) is 5.91 Å². The Bertz CT molecular complexity index is 657. The van der Waals surface area contributed by atoms with Crippen LogP contribution in [0.5, 0.6) is 0 Å². The Labute approximate surface area is 151 Å². The molecule has 1 aromatic carbocycles. The zero-order valence-corrected chi connectivity index (χ0v) is 15.5. The molecule has 0 spiro atoms. The molecule has 0 aliphatic heterocycles. The first kappa shape index (κ1) is 17.9. The molecule has 0 radical (unpaired) electrons. The molecule has 0 heterocycles. The largest absolute Gasteiger partial charge is 0.326 e. The highest BCUT2D eigenvalue weighted by Crippen LogP contribution is 2.35. The monoisotopic (exact) mass is 339 g/mol. The fourth-order valence-electron chi connectivity index (χ4n) is 4.51. The second-order valence-electron chi connectivity index (χ2n) is 7.68. The Kier molecular flexibility index (Phi) is 5.44. The van der Waals surface area contributed by atoms with E-state index in [1.165, 1.54) is 17.5 Å². The molecule has 4 nitrogen and oxygen atoms in total. The molecule has 0 saturated heterocycles. The summed E-state index contributed by atoms with van der Waals surface area (Å²) in [4.78, 5) is 16.8. The number of likely N-dealkylation sites (N-methyl/N-ethyl adjacent to an activating group) is 2. The molecule has 0 bridgehead atoms. The van der Waals surface area contributed by atoms with Crippen LogP contribution in [-0.4, -0.2) is 41.9 Å². The van der Waals surface area contributed by atoms with Crippen LogP contribution in [0.1, 0.15) is 62.1 Å². The summed E-state index contributed by atoms with van der Waals surface area (Å²) < 4.78 is 0. The van der Waals surface area contributed by atoms with E-state index < -0.39 is 5.54 Å². The lowest BCUT2D eigenvalue weighted by atomic mass is 9.81. The summed E-state index contributed by atoms with van der Waals surface area (Å²) in [5.74, 6) is 0.0639. The number of rotatable bonds is 4. The third-order valence-corrected chi connectivity index (χ3v) is 6.16. The van der Waals surface area contributed by atoms with Crippen LogP contribution >= 0.6 is 0 Å². The summed E-state index contributed by atoms with van der Waals surface area (Å²) in [5, 5.41) is 9.72. The van der Waals surface area contributed by atoms with Crippen molar-refractivity contribution in [2.24, 2.45) is 0 Å². The molecule has 0 aromatic heterocycles. The lowest BCUT2D eigenvalue weighted by Crippen LogP contribution is -2.52. The molecule has 134 valence electrons. The Hall–Kier alpha value is -1.86. The molecule has 1 fully saturated rings. The van der Waals surface area contributed by atoms with Gasteiger partial charge in [-0.2, -0.15) is 5.26 Å². The average molecular weight is 339 g/mol. The van der Waals surface area contributed by atoms with E-state index in [4.69, 9.17) is 0 Å². The van der Waals surface area contributed by atoms with Crippen LogP contribution in [0.25, 0.3) is 0 Å². The molecular formula is C21H29N3O. The van der Waals surface area contributed by atoms with Gasteiger partial charge in [0.1, 0.15) is 5.54 Å². The molecule has 25 heavy (non-hydrogen) atoms. The van der Waals surface area contributed by atoms with Crippen molar-refractivity contribution in [3.05, 3.63) is 35.4 Å². The molecule has 1 saturated carbocycles. The van der Waals surface area contributed by atoms with E-state index in [0.717, 1.165) is 44.9 Å². The van der Waals surface area contributed by atoms with E-state index in [9.17, 15) is 10.1 Å². The Morgan fingerprint density at radius 3 is 2.64 bits per heavy atom. The van der Waals surface area contributed by atoms with E-state index in [1.54, 1.807) is 4.90 Å².